The average molecular weight is 527 g/mol. The zero-order valence-electron chi connectivity index (χ0n) is 20.2. The molecular weight excluding hydrogens is 501 g/mol. The van der Waals surface area contributed by atoms with E-state index in [0.29, 0.717) is 22.8 Å². The number of fused-ring (bicyclic) bond motifs is 1. The molecule has 1 aliphatic heterocycles. The molecule has 0 radical (unpaired) electrons. The molecule has 1 fully saturated rings. The van der Waals surface area contributed by atoms with Crippen molar-refractivity contribution in [2.45, 2.75) is 44.0 Å². The first-order chi connectivity index (χ1) is 18.4. The largest absolute Gasteiger partial charge is 0.491 e. The van der Waals surface area contributed by atoms with Crippen molar-refractivity contribution in [3.8, 4) is 40.0 Å². The fourth-order valence-corrected chi connectivity index (χ4v) is 5.16. The van der Waals surface area contributed by atoms with E-state index in [4.69, 9.17) is 13.8 Å². The van der Waals surface area contributed by atoms with Crippen LogP contribution in [0, 0.1) is 5.92 Å². The maximum atomic E-state index is 14.0. The van der Waals surface area contributed by atoms with Gasteiger partial charge in [0.1, 0.15) is 29.7 Å². The highest BCUT2D eigenvalue weighted by atomic mass is 19.4. The Bertz CT molecular complexity index is 1410. The molecule has 6 rings (SSSR count). The predicted octanol–water partition coefficient (Wildman–Crippen LogP) is 5.65. The van der Waals surface area contributed by atoms with E-state index in [1.54, 1.807) is 36.4 Å². The van der Waals surface area contributed by atoms with Crippen LogP contribution in [0.2, 0.25) is 0 Å². The summed E-state index contributed by atoms with van der Waals surface area (Å²) in [6.07, 6.45) is -0.614. The molecule has 0 amide bonds. The van der Waals surface area contributed by atoms with Gasteiger partial charge in [-0.25, -0.2) is 0 Å². The minimum absolute atomic E-state index is 0.0492. The van der Waals surface area contributed by atoms with Crippen LogP contribution in [0.5, 0.6) is 5.75 Å². The van der Waals surface area contributed by atoms with Crippen LogP contribution in [0.15, 0.2) is 57.6 Å². The summed E-state index contributed by atoms with van der Waals surface area (Å²) < 4.78 is 58.1. The molecule has 11 heteroatoms. The molecule has 2 aromatic carbocycles. The Labute approximate surface area is 215 Å². The number of nitrogens with one attached hydrogen (secondary N) is 1. The highest BCUT2D eigenvalue weighted by Gasteiger charge is 2.43. The lowest BCUT2D eigenvalue weighted by atomic mass is 9.96. The third-order valence-corrected chi connectivity index (χ3v) is 7.18. The molecule has 198 valence electrons. The highest BCUT2D eigenvalue weighted by molar-refractivity contribution is 5.71. The minimum Gasteiger partial charge on any atom is -0.491 e. The third-order valence-electron chi connectivity index (χ3n) is 7.18. The summed E-state index contributed by atoms with van der Waals surface area (Å²) in [7, 11) is 0. The lowest BCUT2D eigenvalue weighted by Crippen LogP contribution is -2.44. The minimum atomic E-state index is -4.77. The Morgan fingerprint density at radius 2 is 1.76 bits per heavy atom. The van der Waals surface area contributed by atoms with Gasteiger partial charge in [0.25, 0.3) is 5.89 Å². The second-order valence-electron chi connectivity index (χ2n) is 9.70. The van der Waals surface area contributed by atoms with Crippen molar-refractivity contribution in [3.05, 3.63) is 59.7 Å². The number of ether oxygens (including phenoxy) is 1. The normalized spacial score (nSPS) is 19.9. The van der Waals surface area contributed by atoms with Gasteiger partial charge >= 0.3 is 6.18 Å². The number of hydrogen-bond acceptors (Lipinski definition) is 8. The number of benzene rings is 2. The van der Waals surface area contributed by atoms with Crippen molar-refractivity contribution >= 4 is 0 Å². The number of nitrogens with zero attached hydrogens (tertiary/aromatic N) is 3. The van der Waals surface area contributed by atoms with Gasteiger partial charge in [0, 0.05) is 16.7 Å². The molecule has 2 aliphatic rings. The zero-order valence-corrected chi connectivity index (χ0v) is 20.2. The van der Waals surface area contributed by atoms with Crippen molar-refractivity contribution < 1.29 is 32.1 Å². The van der Waals surface area contributed by atoms with Crippen LogP contribution in [0.3, 0.4) is 0 Å². The van der Waals surface area contributed by atoms with Crippen LogP contribution < -0.4 is 10.1 Å². The van der Waals surface area contributed by atoms with Crippen LogP contribution in [0.25, 0.3) is 34.3 Å². The Hall–Kier alpha value is -3.70. The Balaban J connectivity index is 1.24. The molecule has 0 bridgehead atoms. The van der Waals surface area contributed by atoms with Crippen molar-refractivity contribution in [3.63, 3.8) is 0 Å². The van der Waals surface area contributed by atoms with Crippen LogP contribution in [-0.4, -0.2) is 39.6 Å². The summed E-state index contributed by atoms with van der Waals surface area (Å²) in [4.78, 5) is 4.15. The molecule has 3 heterocycles. The van der Waals surface area contributed by atoms with Crippen molar-refractivity contribution in [1.82, 2.24) is 20.6 Å². The monoisotopic (exact) mass is 526 g/mol. The third kappa shape index (κ3) is 4.67. The first kappa shape index (κ1) is 24.6. The van der Waals surface area contributed by atoms with Gasteiger partial charge in [0.2, 0.25) is 11.6 Å². The molecule has 2 aromatic heterocycles. The van der Waals surface area contributed by atoms with Crippen molar-refractivity contribution in [2.75, 3.05) is 13.2 Å². The standard InChI is InChI=1S/C27H25F3N4O4/c28-27(29,30)21-22(16-8-2-1-3-9-16)33-37-24(21)26-32-25(34-38-26)17-10-11-18-20(12-17)36-14-19(23(18)35)31-13-15-6-4-5-7-15/h1-3,8-12,15,19,23,31,35H,4-7,13-14H2/t19-,23-/m1/s1. The van der Waals surface area contributed by atoms with Gasteiger partial charge in [-0.2, -0.15) is 18.2 Å². The molecule has 2 atom stereocenters. The summed E-state index contributed by atoms with van der Waals surface area (Å²) in [6, 6.07) is 12.7. The molecule has 0 spiro atoms. The van der Waals surface area contributed by atoms with Crippen LogP contribution in [0.1, 0.15) is 42.9 Å². The van der Waals surface area contributed by atoms with E-state index in [1.165, 1.54) is 37.8 Å². The van der Waals surface area contributed by atoms with Crippen molar-refractivity contribution in [2.24, 2.45) is 5.92 Å². The summed E-state index contributed by atoms with van der Waals surface area (Å²) in [5.74, 6) is 0.0348. The van der Waals surface area contributed by atoms with Gasteiger partial charge in [-0.3, -0.25) is 0 Å². The maximum Gasteiger partial charge on any atom is 0.422 e. The van der Waals surface area contributed by atoms with E-state index >= 15 is 0 Å². The van der Waals surface area contributed by atoms with E-state index in [9.17, 15) is 18.3 Å². The predicted molar refractivity (Wildman–Crippen MR) is 130 cm³/mol. The van der Waals surface area contributed by atoms with Crippen LogP contribution in [0.4, 0.5) is 13.2 Å². The second-order valence-corrected chi connectivity index (χ2v) is 9.70. The smallest absolute Gasteiger partial charge is 0.422 e. The fraction of sp³-hybridized carbons (Fsp3) is 0.370. The topological polar surface area (TPSA) is 106 Å². The summed E-state index contributed by atoms with van der Waals surface area (Å²) in [5, 5.41) is 21.8. The lowest BCUT2D eigenvalue weighted by Gasteiger charge is -2.32. The molecule has 1 saturated carbocycles. The quantitative estimate of drug-likeness (QED) is 0.332. The fourth-order valence-electron chi connectivity index (χ4n) is 5.16. The number of halogens is 3. The Kier molecular flexibility index (Phi) is 6.40. The van der Waals surface area contributed by atoms with Gasteiger partial charge in [-0.15, -0.1) is 0 Å². The molecule has 1 aliphatic carbocycles. The molecule has 8 nitrogen and oxygen atoms in total. The van der Waals surface area contributed by atoms with E-state index in [1.807, 2.05) is 0 Å². The second kappa shape index (κ2) is 9.88. The Morgan fingerprint density at radius 1 is 0.974 bits per heavy atom. The van der Waals surface area contributed by atoms with Crippen LogP contribution in [-0.2, 0) is 6.18 Å². The molecule has 2 N–H and O–H groups in total. The van der Waals surface area contributed by atoms with Crippen LogP contribution >= 0.6 is 0 Å². The van der Waals surface area contributed by atoms with E-state index in [-0.39, 0.29) is 29.7 Å². The maximum absolute atomic E-state index is 14.0. The SMILES string of the molecule is O[C@@H]1c2ccc(-c3noc(-c4onc(-c5ccccc5)c4C(F)(F)F)n3)cc2OC[C@H]1NCC1CCCC1. The molecule has 38 heavy (non-hydrogen) atoms. The molecule has 0 unspecified atom stereocenters. The van der Waals surface area contributed by atoms with Gasteiger partial charge in [0.15, 0.2) is 0 Å². The molecule has 0 saturated heterocycles. The number of aromatic nitrogens is 3. The van der Waals surface area contributed by atoms with E-state index in [2.05, 4.69) is 20.6 Å². The first-order valence-electron chi connectivity index (χ1n) is 12.5. The molecular formula is C27H25F3N4O4. The zero-order chi connectivity index (χ0) is 26.3. The van der Waals surface area contributed by atoms with E-state index in [0.717, 1.165) is 6.54 Å². The number of rotatable bonds is 6. The number of aliphatic hydroxyl groups excluding tert-OH is 1. The summed E-state index contributed by atoms with van der Waals surface area (Å²) in [6.45, 7) is 1.13. The van der Waals surface area contributed by atoms with Gasteiger partial charge in [0.05, 0.1) is 6.04 Å². The van der Waals surface area contributed by atoms with Crippen molar-refractivity contribution in [1.29, 1.82) is 0 Å². The average Bonchev–Trinajstić information content (AvgIpc) is 3.69. The summed E-state index contributed by atoms with van der Waals surface area (Å²) >= 11 is 0. The number of alkyl halides is 3. The highest BCUT2D eigenvalue weighted by Crippen LogP contribution is 2.43. The lowest BCUT2D eigenvalue weighted by molar-refractivity contribution is -0.136. The number of aliphatic hydroxyl groups is 1. The van der Waals surface area contributed by atoms with Gasteiger partial charge in [-0.05, 0) is 31.4 Å². The summed E-state index contributed by atoms with van der Waals surface area (Å²) in [5.41, 5.74) is -0.127. The van der Waals surface area contributed by atoms with E-state index < -0.39 is 29.5 Å². The first-order valence-corrected chi connectivity index (χ1v) is 12.5. The molecule has 4 aromatic rings. The number of hydrogen-bond donors (Lipinski definition) is 2. The Morgan fingerprint density at radius 3 is 2.53 bits per heavy atom. The van der Waals surface area contributed by atoms with Gasteiger partial charge < -0.3 is 24.2 Å². The van der Waals surface area contributed by atoms with Gasteiger partial charge in [-0.1, -0.05) is 65.6 Å².